The molecule has 0 bridgehead atoms. The Morgan fingerprint density at radius 2 is 1.92 bits per heavy atom. The zero-order valence-electron chi connectivity index (χ0n) is 13.6. The number of nitrogens with two attached hydrogens (primary N) is 1. The standard InChI is InChI=1S/C18H19FN4O/c1-12(2)11-24-18-21-17(13-4-3-5-14(19)10-13)23(22-18)16-8-6-15(20)7-9-16/h3-10,12H,11,20H2,1-2H3. The monoisotopic (exact) mass is 326 g/mol. The van der Waals surface area contributed by atoms with Gasteiger partial charge < -0.3 is 10.5 Å². The van der Waals surface area contributed by atoms with Gasteiger partial charge >= 0.3 is 6.01 Å². The summed E-state index contributed by atoms with van der Waals surface area (Å²) in [6.07, 6.45) is 0. The average Bonchev–Trinajstić information content (AvgIpc) is 2.98. The van der Waals surface area contributed by atoms with Gasteiger partial charge in [-0.25, -0.2) is 9.07 Å². The third-order valence-electron chi connectivity index (χ3n) is 3.35. The van der Waals surface area contributed by atoms with Crippen LogP contribution in [-0.4, -0.2) is 21.4 Å². The summed E-state index contributed by atoms with van der Waals surface area (Å²) >= 11 is 0. The van der Waals surface area contributed by atoms with E-state index in [2.05, 4.69) is 10.1 Å². The lowest BCUT2D eigenvalue weighted by Crippen LogP contribution is -2.06. The molecule has 0 amide bonds. The molecule has 6 heteroatoms. The van der Waals surface area contributed by atoms with Crippen molar-refractivity contribution in [2.24, 2.45) is 5.92 Å². The first-order valence-electron chi connectivity index (χ1n) is 7.74. The number of halogens is 1. The van der Waals surface area contributed by atoms with Crippen LogP contribution in [0.5, 0.6) is 6.01 Å². The first-order valence-corrected chi connectivity index (χ1v) is 7.74. The Balaban J connectivity index is 2.06. The second kappa shape index (κ2) is 6.70. The lowest BCUT2D eigenvalue weighted by Gasteiger charge is -2.06. The minimum absolute atomic E-state index is 0.264. The molecule has 5 nitrogen and oxygen atoms in total. The van der Waals surface area contributed by atoms with Crippen LogP contribution in [-0.2, 0) is 0 Å². The molecule has 1 aromatic heterocycles. The smallest absolute Gasteiger partial charge is 0.336 e. The highest BCUT2D eigenvalue weighted by atomic mass is 19.1. The third-order valence-corrected chi connectivity index (χ3v) is 3.35. The van der Waals surface area contributed by atoms with Crippen molar-refractivity contribution in [3.8, 4) is 23.1 Å². The van der Waals surface area contributed by atoms with Crippen LogP contribution in [0.15, 0.2) is 48.5 Å². The molecule has 0 saturated carbocycles. The molecule has 124 valence electrons. The summed E-state index contributed by atoms with van der Waals surface area (Å²) < 4.78 is 20.8. The fourth-order valence-corrected chi connectivity index (χ4v) is 2.21. The maximum Gasteiger partial charge on any atom is 0.336 e. The molecular formula is C18H19FN4O. The van der Waals surface area contributed by atoms with Crippen molar-refractivity contribution in [2.75, 3.05) is 12.3 Å². The third kappa shape index (κ3) is 3.53. The highest BCUT2D eigenvalue weighted by Crippen LogP contribution is 2.24. The van der Waals surface area contributed by atoms with Gasteiger partial charge in [-0.1, -0.05) is 26.0 Å². The molecule has 0 unspecified atom stereocenters. The molecule has 0 fully saturated rings. The lowest BCUT2D eigenvalue weighted by atomic mass is 10.2. The number of nitrogen functional groups attached to an aromatic ring is 1. The molecule has 0 aliphatic rings. The van der Waals surface area contributed by atoms with Crippen molar-refractivity contribution in [3.05, 3.63) is 54.3 Å². The summed E-state index contributed by atoms with van der Waals surface area (Å²) in [5.74, 6) is 0.535. The van der Waals surface area contributed by atoms with Gasteiger partial charge in [-0.15, -0.1) is 5.10 Å². The second-order valence-corrected chi connectivity index (χ2v) is 5.94. The number of ether oxygens (including phenoxy) is 1. The van der Waals surface area contributed by atoms with E-state index in [1.54, 1.807) is 28.9 Å². The Hall–Kier alpha value is -2.89. The summed E-state index contributed by atoms with van der Waals surface area (Å²) in [6.45, 7) is 4.60. The van der Waals surface area contributed by atoms with Crippen LogP contribution in [0.25, 0.3) is 17.1 Å². The van der Waals surface area contributed by atoms with E-state index in [0.717, 1.165) is 5.69 Å². The molecule has 0 aliphatic heterocycles. The molecule has 0 saturated heterocycles. The van der Waals surface area contributed by atoms with Crippen molar-refractivity contribution in [1.82, 2.24) is 14.8 Å². The molecule has 0 spiro atoms. The number of aromatic nitrogens is 3. The van der Waals surface area contributed by atoms with Gasteiger partial charge in [0.25, 0.3) is 0 Å². The number of rotatable bonds is 5. The number of anilines is 1. The highest BCUT2D eigenvalue weighted by Gasteiger charge is 2.15. The van der Waals surface area contributed by atoms with Crippen molar-refractivity contribution in [1.29, 1.82) is 0 Å². The van der Waals surface area contributed by atoms with Gasteiger partial charge in [-0.2, -0.15) is 4.98 Å². The second-order valence-electron chi connectivity index (χ2n) is 5.94. The first kappa shape index (κ1) is 16.0. The Morgan fingerprint density at radius 1 is 1.17 bits per heavy atom. The van der Waals surface area contributed by atoms with E-state index in [1.807, 2.05) is 26.0 Å². The number of hydrogen-bond donors (Lipinski definition) is 1. The lowest BCUT2D eigenvalue weighted by molar-refractivity contribution is 0.251. The maximum atomic E-state index is 13.6. The quantitative estimate of drug-likeness (QED) is 0.726. The largest absolute Gasteiger partial charge is 0.462 e. The Morgan fingerprint density at radius 3 is 2.58 bits per heavy atom. The zero-order chi connectivity index (χ0) is 17.1. The maximum absolute atomic E-state index is 13.6. The predicted octanol–water partition coefficient (Wildman–Crippen LogP) is 3.69. The molecule has 24 heavy (non-hydrogen) atoms. The fraction of sp³-hybridized carbons (Fsp3) is 0.222. The molecule has 0 aliphatic carbocycles. The Labute approximate surface area is 139 Å². The number of hydrogen-bond acceptors (Lipinski definition) is 4. The van der Waals surface area contributed by atoms with E-state index in [4.69, 9.17) is 10.5 Å². The van der Waals surface area contributed by atoms with Crippen LogP contribution in [0.4, 0.5) is 10.1 Å². The van der Waals surface area contributed by atoms with Gasteiger partial charge in [0.1, 0.15) is 5.82 Å². The van der Waals surface area contributed by atoms with Gasteiger partial charge in [0, 0.05) is 11.3 Å². The summed E-state index contributed by atoms with van der Waals surface area (Å²) in [6, 6.07) is 13.7. The van der Waals surface area contributed by atoms with Crippen molar-refractivity contribution < 1.29 is 9.13 Å². The normalized spacial score (nSPS) is 11.0. The fourth-order valence-electron chi connectivity index (χ4n) is 2.21. The van der Waals surface area contributed by atoms with Crippen molar-refractivity contribution >= 4 is 5.69 Å². The zero-order valence-corrected chi connectivity index (χ0v) is 13.6. The molecule has 2 aromatic carbocycles. The molecule has 1 heterocycles. The summed E-state index contributed by atoms with van der Waals surface area (Å²) in [7, 11) is 0. The number of nitrogens with zero attached hydrogens (tertiary/aromatic N) is 3. The molecule has 3 aromatic rings. The Kier molecular flexibility index (Phi) is 4.46. The van der Waals surface area contributed by atoms with E-state index in [9.17, 15) is 4.39 Å². The molecule has 2 N–H and O–H groups in total. The Bertz CT molecular complexity index is 827. The van der Waals surface area contributed by atoms with Crippen LogP contribution in [0.1, 0.15) is 13.8 Å². The minimum Gasteiger partial charge on any atom is -0.462 e. The average molecular weight is 326 g/mol. The molecule has 0 radical (unpaired) electrons. The van der Waals surface area contributed by atoms with Crippen molar-refractivity contribution in [3.63, 3.8) is 0 Å². The van der Waals surface area contributed by atoms with Gasteiger partial charge in [0.2, 0.25) is 0 Å². The van der Waals surface area contributed by atoms with Crippen molar-refractivity contribution in [2.45, 2.75) is 13.8 Å². The highest BCUT2D eigenvalue weighted by molar-refractivity contribution is 5.59. The molecular weight excluding hydrogens is 307 g/mol. The predicted molar refractivity (Wildman–Crippen MR) is 91.5 cm³/mol. The van der Waals surface area contributed by atoms with Gasteiger partial charge in [0.15, 0.2) is 5.82 Å². The van der Waals surface area contributed by atoms with Gasteiger partial charge in [0.05, 0.1) is 12.3 Å². The van der Waals surface area contributed by atoms with Crippen LogP contribution in [0.3, 0.4) is 0 Å². The summed E-state index contributed by atoms with van der Waals surface area (Å²) in [4.78, 5) is 4.42. The van der Waals surface area contributed by atoms with Gasteiger partial charge in [-0.05, 0) is 42.3 Å². The van der Waals surface area contributed by atoms with Gasteiger partial charge in [-0.3, -0.25) is 0 Å². The first-order chi connectivity index (χ1) is 11.5. The number of benzene rings is 2. The van der Waals surface area contributed by atoms with Crippen LogP contribution in [0.2, 0.25) is 0 Å². The van der Waals surface area contributed by atoms with E-state index < -0.39 is 0 Å². The van der Waals surface area contributed by atoms with Crippen LogP contribution in [0, 0.1) is 11.7 Å². The minimum atomic E-state index is -0.330. The van der Waals surface area contributed by atoms with E-state index in [-0.39, 0.29) is 11.8 Å². The van der Waals surface area contributed by atoms with Crippen LogP contribution >= 0.6 is 0 Å². The van der Waals surface area contributed by atoms with E-state index in [0.29, 0.717) is 29.6 Å². The SMILES string of the molecule is CC(C)COc1nc(-c2cccc(F)c2)n(-c2ccc(N)cc2)n1. The molecule has 3 rings (SSSR count). The summed E-state index contributed by atoms with van der Waals surface area (Å²) in [5.41, 5.74) is 7.79. The summed E-state index contributed by atoms with van der Waals surface area (Å²) in [5, 5.41) is 4.41. The van der Waals surface area contributed by atoms with Crippen LogP contribution < -0.4 is 10.5 Å². The van der Waals surface area contributed by atoms with E-state index in [1.165, 1.54) is 12.1 Å². The van der Waals surface area contributed by atoms with E-state index >= 15 is 0 Å². The topological polar surface area (TPSA) is 66.0 Å². The molecule has 0 atom stereocenters.